The molecule has 11 heteroatoms. The minimum absolute atomic E-state index is 0.240. The van der Waals surface area contributed by atoms with Crippen molar-refractivity contribution in [2.45, 2.75) is 19.9 Å². The van der Waals surface area contributed by atoms with E-state index in [1.807, 2.05) is 32.0 Å². The number of halogens is 2. The lowest BCUT2D eigenvalue weighted by molar-refractivity contribution is -0.136. The van der Waals surface area contributed by atoms with Crippen LogP contribution in [0.25, 0.3) is 6.08 Å². The zero-order valence-corrected chi connectivity index (χ0v) is 26.1. The van der Waals surface area contributed by atoms with Crippen LogP contribution in [0.1, 0.15) is 31.0 Å². The predicted molar refractivity (Wildman–Crippen MR) is 162 cm³/mol. The zero-order valence-electron chi connectivity index (χ0n) is 21.5. The molecule has 2 aromatic carbocycles. The van der Waals surface area contributed by atoms with Crippen LogP contribution in [0.4, 0.5) is 0 Å². The van der Waals surface area contributed by atoms with Crippen LogP contribution in [0, 0.1) is 3.57 Å². The molecule has 0 fully saturated rings. The first-order valence-electron chi connectivity index (χ1n) is 12.0. The molecule has 1 atom stereocenters. The molecule has 39 heavy (non-hydrogen) atoms. The van der Waals surface area contributed by atoms with Gasteiger partial charge >= 0.3 is 5.97 Å². The van der Waals surface area contributed by atoms with Crippen LogP contribution in [-0.4, -0.2) is 37.5 Å². The van der Waals surface area contributed by atoms with E-state index in [1.54, 1.807) is 24.3 Å². The zero-order chi connectivity index (χ0) is 28.1. The van der Waals surface area contributed by atoms with Gasteiger partial charge in [0.2, 0.25) is 0 Å². The fraction of sp³-hybridized carbons (Fsp3) is 0.250. The first-order valence-corrected chi connectivity index (χ1v) is 14.7. The molecular formula is C28H26BrIN2O6S. The Morgan fingerprint density at radius 3 is 2.59 bits per heavy atom. The van der Waals surface area contributed by atoms with Gasteiger partial charge in [-0.05, 0) is 93.8 Å². The van der Waals surface area contributed by atoms with Gasteiger partial charge in [-0.25, -0.2) is 9.79 Å². The number of fused-ring (bicyclic) bond motifs is 1. The van der Waals surface area contributed by atoms with E-state index < -0.39 is 12.0 Å². The van der Waals surface area contributed by atoms with Crippen LogP contribution >= 0.6 is 49.9 Å². The summed E-state index contributed by atoms with van der Waals surface area (Å²) in [6.45, 7) is 8.73. The molecular weight excluding hydrogens is 699 g/mol. The van der Waals surface area contributed by atoms with E-state index in [9.17, 15) is 9.59 Å². The number of carbonyl (C=O) groups is 1. The molecule has 2 heterocycles. The van der Waals surface area contributed by atoms with Gasteiger partial charge in [-0.1, -0.05) is 30.1 Å². The average Bonchev–Trinajstić information content (AvgIpc) is 3.23. The lowest BCUT2D eigenvalue weighted by Crippen LogP contribution is -2.39. The smallest absolute Gasteiger partial charge is 0.337 e. The largest absolute Gasteiger partial charge is 0.490 e. The van der Waals surface area contributed by atoms with E-state index in [2.05, 4.69) is 50.1 Å². The summed E-state index contributed by atoms with van der Waals surface area (Å²) in [5.41, 5.74) is 1.44. The third kappa shape index (κ3) is 6.15. The SMILES string of the molecule is C=CCOc1c(Br)cc(/C=c2\sc3n(c2=O)[C@H](c2ccc(OCC)c(OCC)c2)C(C(=O)OC)=CN=3)cc1I. The lowest BCUT2D eigenvalue weighted by Gasteiger charge is -2.23. The minimum Gasteiger partial charge on any atom is -0.490 e. The fourth-order valence-corrected chi connectivity index (χ4v) is 6.82. The Morgan fingerprint density at radius 2 is 1.92 bits per heavy atom. The number of hydrogen-bond acceptors (Lipinski definition) is 8. The topological polar surface area (TPSA) is 88.3 Å². The maximum absolute atomic E-state index is 13.8. The molecule has 0 saturated heterocycles. The first kappa shape index (κ1) is 29.1. The Balaban J connectivity index is 1.86. The number of nitrogens with zero attached hydrogens (tertiary/aromatic N) is 2. The van der Waals surface area contributed by atoms with Gasteiger partial charge in [-0.15, -0.1) is 0 Å². The Labute approximate surface area is 251 Å². The lowest BCUT2D eigenvalue weighted by atomic mass is 9.97. The second-order valence-electron chi connectivity index (χ2n) is 8.16. The number of rotatable bonds is 10. The van der Waals surface area contributed by atoms with Crippen molar-refractivity contribution in [1.82, 2.24) is 4.57 Å². The van der Waals surface area contributed by atoms with Crippen molar-refractivity contribution in [3.8, 4) is 17.2 Å². The molecule has 0 bridgehead atoms. The third-order valence-electron chi connectivity index (χ3n) is 5.67. The summed E-state index contributed by atoms with van der Waals surface area (Å²) in [5, 5.41) is 0. The quantitative estimate of drug-likeness (QED) is 0.171. The van der Waals surface area contributed by atoms with Gasteiger partial charge in [-0.3, -0.25) is 9.36 Å². The van der Waals surface area contributed by atoms with Gasteiger partial charge < -0.3 is 18.9 Å². The number of esters is 1. The minimum atomic E-state index is -0.757. The molecule has 1 aromatic heterocycles. The Hall–Kier alpha value is -2.90. The summed E-state index contributed by atoms with van der Waals surface area (Å²) < 4.78 is 25.9. The first-order chi connectivity index (χ1) is 18.8. The summed E-state index contributed by atoms with van der Waals surface area (Å²) in [6.07, 6.45) is 4.95. The molecule has 8 nitrogen and oxygen atoms in total. The van der Waals surface area contributed by atoms with E-state index in [1.165, 1.54) is 29.2 Å². The third-order valence-corrected chi connectivity index (χ3v) is 8.06. The second kappa shape index (κ2) is 13.0. The number of thiazole rings is 1. The van der Waals surface area contributed by atoms with Gasteiger partial charge in [0.25, 0.3) is 5.56 Å². The highest BCUT2D eigenvalue weighted by molar-refractivity contribution is 14.1. The number of benzene rings is 2. The molecule has 0 N–H and O–H groups in total. The van der Waals surface area contributed by atoms with E-state index >= 15 is 0 Å². The highest BCUT2D eigenvalue weighted by Crippen LogP contribution is 2.35. The maximum Gasteiger partial charge on any atom is 0.337 e. The number of carbonyl (C=O) groups excluding carboxylic acids is 1. The molecule has 1 aliphatic rings. The van der Waals surface area contributed by atoms with E-state index in [0.29, 0.717) is 52.0 Å². The molecule has 1 aliphatic heterocycles. The maximum atomic E-state index is 13.8. The normalized spacial score (nSPS) is 14.6. The highest BCUT2D eigenvalue weighted by atomic mass is 127. The van der Waals surface area contributed by atoms with Gasteiger partial charge in [0.05, 0.1) is 44.5 Å². The molecule has 0 aliphatic carbocycles. The van der Waals surface area contributed by atoms with Gasteiger partial charge in [0.1, 0.15) is 12.4 Å². The molecule has 0 amide bonds. The standard InChI is InChI=1S/C28H26BrIN2O6S/c1-5-10-38-25-19(29)11-16(12-20(25)30)13-23-26(33)32-24(18(27(34)35-4)15-31-28(32)39-23)17-8-9-21(36-6-2)22(14-17)37-7-3/h5,8-9,11-15,24H,1,6-7,10H2,2-4H3/b23-13-/t24-/m1/s1. The van der Waals surface area contributed by atoms with Crippen molar-refractivity contribution in [3.63, 3.8) is 0 Å². The monoisotopic (exact) mass is 724 g/mol. The van der Waals surface area contributed by atoms with Gasteiger partial charge in [-0.2, -0.15) is 0 Å². The molecule has 204 valence electrons. The average molecular weight is 725 g/mol. The Morgan fingerprint density at radius 1 is 1.18 bits per heavy atom. The summed E-state index contributed by atoms with van der Waals surface area (Å²) >= 11 is 7.00. The summed E-state index contributed by atoms with van der Waals surface area (Å²) in [7, 11) is 1.30. The molecule has 0 saturated carbocycles. The summed E-state index contributed by atoms with van der Waals surface area (Å²) in [5.74, 6) is 1.24. The van der Waals surface area contributed by atoms with Crippen molar-refractivity contribution < 1.29 is 23.7 Å². The van der Waals surface area contributed by atoms with Gasteiger partial charge in [0.15, 0.2) is 16.3 Å². The molecule has 0 spiro atoms. The van der Waals surface area contributed by atoms with E-state index in [0.717, 1.165) is 13.6 Å². The van der Waals surface area contributed by atoms with Crippen molar-refractivity contribution >= 4 is 61.9 Å². The second-order valence-corrected chi connectivity index (χ2v) is 11.2. The highest BCUT2D eigenvalue weighted by Gasteiger charge is 2.31. The number of aromatic nitrogens is 1. The summed E-state index contributed by atoms with van der Waals surface area (Å²) in [4.78, 5) is 31.5. The van der Waals surface area contributed by atoms with Crippen LogP contribution in [0.3, 0.4) is 0 Å². The van der Waals surface area contributed by atoms with Gasteiger partial charge in [0, 0.05) is 6.20 Å². The Kier molecular flexibility index (Phi) is 9.67. The van der Waals surface area contributed by atoms with Crippen LogP contribution < -0.4 is 29.1 Å². The molecule has 4 rings (SSSR count). The van der Waals surface area contributed by atoms with Crippen LogP contribution in [0.2, 0.25) is 0 Å². The predicted octanol–water partition coefficient (Wildman–Crippen LogP) is 4.75. The van der Waals surface area contributed by atoms with Crippen LogP contribution in [-0.2, 0) is 9.53 Å². The van der Waals surface area contributed by atoms with Crippen LogP contribution in [0.5, 0.6) is 17.2 Å². The molecule has 0 unspecified atom stereocenters. The van der Waals surface area contributed by atoms with E-state index in [-0.39, 0.29) is 11.1 Å². The number of methoxy groups -OCH3 is 1. The van der Waals surface area contributed by atoms with Crippen molar-refractivity contribution in [2.24, 2.45) is 4.99 Å². The number of hydrogen-bond donors (Lipinski definition) is 0. The molecule has 3 aromatic rings. The van der Waals surface area contributed by atoms with Crippen molar-refractivity contribution in [2.75, 3.05) is 26.9 Å². The number of ether oxygens (including phenoxy) is 4. The van der Waals surface area contributed by atoms with Crippen molar-refractivity contribution in [3.05, 3.63) is 93.6 Å². The summed E-state index contributed by atoms with van der Waals surface area (Å²) in [6, 6.07) is 8.45. The van der Waals surface area contributed by atoms with Crippen LogP contribution in [0.15, 0.2) is 69.0 Å². The Bertz CT molecular complexity index is 1600. The molecule has 0 radical (unpaired) electrons. The van der Waals surface area contributed by atoms with E-state index in [4.69, 9.17) is 18.9 Å². The fourth-order valence-electron chi connectivity index (χ4n) is 4.08. The van der Waals surface area contributed by atoms with Crippen molar-refractivity contribution in [1.29, 1.82) is 0 Å².